The number of carbonyl (C=O) groups is 1. The van der Waals surface area contributed by atoms with Crippen LogP contribution in [0.2, 0.25) is 0 Å². The van der Waals surface area contributed by atoms with Gasteiger partial charge in [-0.25, -0.2) is 0 Å². The van der Waals surface area contributed by atoms with Crippen LogP contribution in [0.5, 0.6) is 5.75 Å². The zero-order valence-electron chi connectivity index (χ0n) is 10.7. The first kappa shape index (κ1) is 15.4. The summed E-state index contributed by atoms with van der Waals surface area (Å²) in [6.45, 7) is 0.131. The van der Waals surface area contributed by atoms with Crippen molar-refractivity contribution in [1.29, 1.82) is 0 Å². The first-order valence-electron chi connectivity index (χ1n) is 5.96. The van der Waals surface area contributed by atoms with Crippen LogP contribution in [0.4, 0.5) is 13.2 Å². The monoisotopic (exact) mass is 314 g/mol. The Morgan fingerprint density at radius 2 is 1.76 bits per heavy atom. The molecular weight excluding hydrogens is 305 g/mol. The zero-order chi connectivity index (χ0) is 15.5. The Balaban J connectivity index is 2.24. The van der Waals surface area contributed by atoms with Gasteiger partial charge in [-0.05, 0) is 35.4 Å². The second-order valence-electron chi connectivity index (χ2n) is 4.25. The molecule has 0 fully saturated rings. The van der Waals surface area contributed by atoms with Crippen molar-refractivity contribution in [2.75, 3.05) is 0 Å². The summed E-state index contributed by atoms with van der Waals surface area (Å²) >= 11 is 5.16. The molecule has 0 saturated carbocycles. The van der Waals surface area contributed by atoms with Gasteiger partial charge in [-0.3, -0.25) is 4.79 Å². The van der Waals surface area contributed by atoms with E-state index in [1.165, 1.54) is 6.07 Å². The van der Waals surface area contributed by atoms with Crippen molar-refractivity contribution in [2.45, 2.75) is 12.8 Å². The third kappa shape index (κ3) is 3.98. The number of ether oxygens (including phenoxy) is 1. The van der Waals surface area contributed by atoms with Crippen molar-refractivity contribution in [3.8, 4) is 5.75 Å². The van der Waals surface area contributed by atoms with Crippen molar-refractivity contribution in [3.63, 3.8) is 0 Å². The predicted molar refractivity (Wildman–Crippen MR) is 72.4 cm³/mol. The van der Waals surface area contributed by atoms with Crippen molar-refractivity contribution in [3.05, 3.63) is 65.2 Å². The molecule has 0 atom stereocenters. The molecular formula is C15H10ClF3O2. The van der Waals surface area contributed by atoms with Crippen LogP contribution in [-0.2, 0) is 12.8 Å². The van der Waals surface area contributed by atoms with Crippen LogP contribution in [0.15, 0.2) is 48.5 Å². The van der Waals surface area contributed by atoms with E-state index < -0.39 is 22.5 Å². The van der Waals surface area contributed by atoms with E-state index >= 15 is 0 Å². The minimum atomic E-state index is -4.67. The van der Waals surface area contributed by atoms with E-state index in [1.54, 1.807) is 24.3 Å². The maximum atomic E-state index is 12.9. The van der Waals surface area contributed by atoms with Gasteiger partial charge in [0.1, 0.15) is 12.4 Å². The van der Waals surface area contributed by atoms with E-state index in [-0.39, 0.29) is 12.4 Å². The number of rotatable bonds is 4. The van der Waals surface area contributed by atoms with E-state index in [0.717, 1.165) is 17.7 Å². The van der Waals surface area contributed by atoms with Gasteiger partial charge < -0.3 is 4.74 Å². The Morgan fingerprint density at radius 3 is 2.33 bits per heavy atom. The lowest BCUT2D eigenvalue weighted by atomic mass is 10.1. The van der Waals surface area contributed by atoms with E-state index in [1.807, 2.05) is 6.07 Å². The summed E-state index contributed by atoms with van der Waals surface area (Å²) in [6.07, 6.45) is -4.67. The first-order chi connectivity index (χ1) is 9.88. The highest BCUT2D eigenvalue weighted by Crippen LogP contribution is 2.35. The molecule has 0 saturated heterocycles. The van der Waals surface area contributed by atoms with E-state index in [4.69, 9.17) is 16.3 Å². The van der Waals surface area contributed by atoms with Gasteiger partial charge in [-0.1, -0.05) is 30.3 Å². The Bertz CT molecular complexity index is 639. The average molecular weight is 315 g/mol. The molecule has 0 aliphatic heterocycles. The largest absolute Gasteiger partial charge is 0.489 e. The van der Waals surface area contributed by atoms with Crippen LogP contribution in [0.3, 0.4) is 0 Å². The lowest BCUT2D eigenvalue weighted by Gasteiger charge is -2.13. The number of hydrogen-bond acceptors (Lipinski definition) is 2. The molecule has 0 amide bonds. The zero-order valence-corrected chi connectivity index (χ0v) is 11.4. The highest BCUT2D eigenvalue weighted by molar-refractivity contribution is 6.67. The Kier molecular flexibility index (Phi) is 4.53. The van der Waals surface area contributed by atoms with Crippen molar-refractivity contribution >= 4 is 16.8 Å². The molecule has 0 spiro atoms. The molecule has 2 nitrogen and oxygen atoms in total. The minimum absolute atomic E-state index is 0.0212. The SMILES string of the molecule is O=C(Cl)c1ccc(OCc2ccccc2)cc1C(F)(F)F. The molecule has 21 heavy (non-hydrogen) atoms. The lowest BCUT2D eigenvalue weighted by Crippen LogP contribution is -2.11. The van der Waals surface area contributed by atoms with Crippen LogP contribution in [0.25, 0.3) is 0 Å². The van der Waals surface area contributed by atoms with Gasteiger partial charge in [-0.15, -0.1) is 0 Å². The van der Waals surface area contributed by atoms with Crippen LogP contribution < -0.4 is 4.74 Å². The summed E-state index contributed by atoms with van der Waals surface area (Å²) in [5.41, 5.74) is -0.868. The molecule has 0 heterocycles. The fourth-order valence-electron chi connectivity index (χ4n) is 1.76. The van der Waals surface area contributed by atoms with Gasteiger partial charge in [-0.2, -0.15) is 13.2 Å². The van der Waals surface area contributed by atoms with Crippen LogP contribution in [0.1, 0.15) is 21.5 Å². The molecule has 2 aromatic rings. The molecule has 6 heteroatoms. The fourth-order valence-corrected chi connectivity index (χ4v) is 1.92. The highest BCUT2D eigenvalue weighted by Gasteiger charge is 2.35. The second-order valence-corrected chi connectivity index (χ2v) is 4.60. The molecule has 0 aliphatic carbocycles. The number of carbonyl (C=O) groups excluding carboxylic acids is 1. The van der Waals surface area contributed by atoms with Crippen LogP contribution >= 0.6 is 11.6 Å². The summed E-state index contributed by atoms with van der Waals surface area (Å²) in [6, 6.07) is 12.1. The van der Waals surface area contributed by atoms with Crippen LogP contribution in [0, 0.1) is 0 Å². The smallest absolute Gasteiger partial charge is 0.417 e. The maximum absolute atomic E-state index is 12.9. The van der Waals surface area contributed by atoms with Crippen molar-refractivity contribution in [2.24, 2.45) is 0 Å². The second kappa shape index (κ2) is 6.18. The van der Waals surface area contributed by atoms with Crippen molar-refractivity contribution in [1.82, 2.24) is 0 Å². The molecule has 0 unspecified atom stereocenters. The van der Waals surface area contributed by atoms with E-state index in [2.05, 4.69) is 0 Å². The quantitative estimate of drug-likeness (QED) is 0.767. The molecule has 0 aromatic heterocycles. The number of hydrogen-bond donors (Lipinski definition) is 0. The molecule has 110 valence electrons. The molecule has 2 aromatic carbocycles. The van der Waals surface area contributed by atoms with E-state index in [0.29, 0.717) is 0 Å². The standard InChI is InChI=1S/C15H10ClF3O2/c16-14(20)12-7-6-11(8-13(12)15(17,18)19)21-9-10-4-2-1-3-5-10/h1-8H,9H2. The first-order valence-corrected chi connectivity index (χ1v) is 6.33. The highest BCUT2D eigenvalue weighted by atomic mass is 35.5. The Morgan fingerprint density at radius 1 is 1.10 bits per heavy atom. The summed E-state index contributed by atoms with van der Waals surface area (Å²) in [4.78, 5) is 11.0. The normalized spacial score (nSPS) is 11.2. The van der Waals surface area contributed by atoms with Gasteiger partial charge >= 0.3 is 6.18 Å². The van der Waals surface area contributed by atoms with E-state index in [9.17, 15) is 18.0 Å². The average Bonchev–Trinajstić information content (AvgIpc) is 2.45. The summed E-state index contributed by atoms with van der Waals surface area (Å²) in [5.74, 6) is 0.0212. The third-order valence-corrected chi connectivity index (χ3v) is 2.96. The summed E-state index contributed by atoms with van der Waals surface area (Å²) in [5, 5.41) is -1.16. The van der Waals surface area contributed by atoms with Gasteiger partial charge in [0.2, 0.25) is 0 Å². The topological polar surface area (TPSA) is 26.3 Å². The number of benzene rings is 2. The summed E-state index contributed by atoms with van der Waals surface area (Å²) in [7, 11) is 0. The maximum Gasteiger partial charge on any atom is 0.417 e. The molecule has 0 aliphatic rings. The number of alkyl halides is 3. The molecule has 0 N–H and O–H groups in total. The summed E-state index contributed by atoms with van der Waals surface area (Å²) < 4.78 is 44.0. The van der Waals surface area contributed by atoms with Gasteiger partial charge in [0.05, 0.1) is 5.56 Å². The van der Waals surface area contributed by atoms with Gasteiger partial charge in [0.15, 0.2) is 0 Å². The predicted octanol–water partition coefficient (Wildman–Crippen LogP) is 4.66. The van der Waals surface area contributed by atoms with Gasteiger partial charge in [0, 0.05) is 5.56 Å². The van der Waals surface area contributed by atoms with Crippen molar-refractivity contribution < 1.29 is 22.7 Å². The minimum Gasteiger partial charge on any atom is -0.489 e. The molecule has 0 bridgehead atoms. The molecule has 0 radical (unpaired) electrons. The molecule has 2 rings (SSSR count). The third-order valence-electron chi connectivity index (χ3n) is 2.76. The number of halogens is 4. The van der Waals surface area contributed by atoms with Crippen LogP contribution in [-0.4, -0.2) is 5.24 Å². The fraction of sp³-hybridized carbons (Fsp3) is 0.133. The van der Waals surface area contributed by atoms with Gasteiger partial charge in [0.25, 0.3) is 5.24 Å². The lowest BCUT2D eigenvalue weighted by molar-refractivity contribution is -0.138. The Hall–Kier alpha value is -2.01. The Labute approximate surface area is 124 Å².